The van der Waals surface area contributed by atoms with Crippen molar-refractivity contribution in [1.29, 1.82) is 0 Å². The summed E-state index contributed by atoms with van der Waals surface area (Å²) >= 11 is 0. The van der Waals surface area contributed by atoms with E-state index in [0.717, 1.165) is 32.4 Å². The van der Waals surface area contributed by atoms with Crippen molar-refractivity contribution in [3.63, 3.8) is 0 Å². The summed E-state index contributed by atoms with van der Waals surface area (Å²) in [6.45, 7) is 9.78. The number of fused-ring (bicyclic) bond motifs is 1. The second-order valence-electron chi connectivity index (χ2n) is 8.58. The quantitative estimate of drug-likeness (QED) is 0.814. The van der Waals surface area contributed by atoms with Gasteiger partial charge in [0.1, 0.15) is 0 Å². The summed E-state index contributed by atoms with van der Waals surface area (Å²) in [5.74, 6) is 0.616. The molecule has 1 aliphatic carbocycles. The average Bonchev–Trinajstić information content (AvgIpc) is 2.99. The fraction of sp³-hybridized carbons (Fsp3) is 0.565. The van der Waals surface area contributed by atoms with E-state index >= 15 is 0 Å². The van der Waals surface area contributed by atoms with E-state index in [1.165, 1.54) is 22.3 Å². The number of hydrogen-bond acceptors (Lipinski definition) is 2. The molecule has 28 heavy (non-hydrogen) atoms. The number of nitrogens with zero attached hydrogens (tertiary/aromatic N) is 1. The number of urea groups is 1. The molecule has 3 rings (SSSR count). The van der Waals surface area contributed by atoms with Crippen molar-refractivity contribution >= 4 is 17.5 Å². The van der Waals surface area contributed by atoms with Gasteiger partial charge >= 0.3 is 6.03 Å². The summed E-state index contributed by atoms with van der Waals surface area (Å²) in [6, 6.07) is 8.46. The largest absolute Gasteiger partial charge is 0.343 e. The third-order valence-corrected chi connectivity index (χ3v) is 5.92. The van der Waals surface area contributed by atoms with E-state index < -0.39 is 0 Å². The molecule has 1 aromatic carbocycles. The van der Waals surface area contributed by atoms with E-state index in [1.807, 2.05) is 4.90 Å². The Morgan fingerprint density at radius 2 is 1.82 bits per heavy atom. The summed E-state index contributed by atoms with van der Waals surface area (Å²) in [5.41, 5.74) is 5.19. The fourth-order valence-electron chi connectivity index (χ4n) is 4.29. The Kier molecular flexibility index (Phi) is 6.42. The summed E-state index contributed by atoms with van der Waals surface area (Å²) in [5, 5.41) is 6.20. The van der Waals surface area contributed by atoms with E-state index in [2.05, 4.69) is 62.6 Å². The van der Waals surface area contributed by atoms with Crippen LogP contribution < -0.4 is 10.6 Å². The highest BCUT2D eigenvalue weighted by molar-refractivity contribution is 5.79. The Balaban J connectivity index is 1.47. The molecule has 1 aliphatic heterocycles. The van der Waals surface area contributed by atoms with E-state index in [0.29, 0.717) is 12.3 Å². The van der Waals surface area contributed by atoms with Gasteiger partial charge in [-0.1, -0.05) is 38.1 Å². The second kappa shape index (κ2) is 8.80. The SMILES string of the molecule is CC1=C([C@@H](C)NC(=O)NC2CCN(C(=O)CC(C)C)CC2)Cc2ccccc21. The highest BCUT2D eigenvalue weighted by Gasteiger charge is 2.26. The second-order valence-corrected chi connectivity index (χ2v) is 8.58. The minimum atomic E-state index is -0.115. The molecule has 0 saturated carbocycles. The number of piperidine rings is 1. The zero-order valence-corrected chi connectivity index (χ0v) is 17.5. The van der Waals surface area contributed by atoms with Crippen LogP contribution in [0.4, 0.5) is 4.79 Å². The lowest BCUT2D eigenvalue weighted by molar-refractivity contribution is -0.133. The molecule has 3 amide bonds. The van der Waals surface area contributed by atoms with Crippen LogP contribution >= 0.6 is 0 Å². The highest BCUT2D eigenvalue weighted by atomic mass is 16.2. The van der Waals surface area contributed by atoms with E-state index in [9.17, 15) is 9.59 Å². The van der Waals surface area contributed by atoms with Crippen LogP contribution in [-0.2, 0) is 11.2 Å². The van der Waals surface area contributed by atoms with Gasteiger partial charge in [0.15, 0.2) is 0 Å². The number of carbonyl (C=O) groups is 2. The molecular weight excluding hydrogens is 350 g/mol. The highest BCUT2D eigenvalue weighted by Crippen LogP contribution is 2.33. The minimum Gasteiger partial charge on any atom is -0.343 e. The molecule has 0 unspecified atom stereocenters. The van der Waals surface area contributed by atoms with Gasteiger partial charge in [-0.15, -0.1) is 0 Å². The number of rotatable bonds is 5. The lowest BCUT2D eigenvalue weighted by atomic mass is 10.0. The van der Waals surface area contributed by atoms with Gasteiger partial charge in [0, 0.05) is 31.6 Å². The van der Waals surface area contributed by atoms with Gasteiger partial charge in [-0.3, -0.25) is 4.79 Å². The Hall–Kier alpha value is -2.30. The summed E-state index contributed by atoms with van der Waals surface area (Å²) in [6.07, 6.45) is 3.14. The van der Waals surface area contributed by atoms with E-state index in [-0.39, 0.29) is 24.0 Å². The molecular formula is C23H33N3O2. The summed E-state index contributed by atoms with van der Waals surface area (Å²) < 4.78 is 0. The van der Waals surface area contributed by atoms with Crippen molar-refractivity contribution in [3.05, 3.63) is 41.0 Å². The third-order valence-electron chi connectivity index (χ3n) is 5.92. The molecule has 0 spiro atoms. The van der Waals surface area contributed by atoms with Crippen LogP contribution in [0.1, 0.15) is 58.1 Å². The maximum atomic E-state index is 12.5. The predicted molar refractivity (Wildman–Crippen MR) is 113 cm³/mol. The third kappa shape index (κ3) is 4.75. The van der Waals surface area contributed by atoms with Gasteiger partial charge in [-0.05, 0) is 61.3 Å². The summed E-state index contributed by atoms with van der Waals surface area (Å²) in [4.78, 5) is 26.6. The van der Waals surface area contributed by atoms with E-state index in [4.69, 9.17) is 0 Å². The molecule has 1 aromatic rings. The van der Waals surface area contributed by atoms with Gasteiger partial charge in [0.2, 0.25) is 5.91 Å². The number of nitrogens with one attached hydrogen (secondary N) is 2. The number of hydrogen-bond donors (Lipinski definition) is 2. The van der Waals surface area contributed by atoms with Crippen LogP contribution in [0.25, 0.3) is 5.57 Å². The van der Waals surface area contributed by atoms with Crippen molar-refractivity contribution in [2.24, 2.45) is 5.92 Å². The Labute approximate surface area is 168 Å². The Morgan fingerprint density at radius 3 is 2.46 bits per heavy atom. The van der Waals surface area contributed by atoms with Crippen LogP contribution in [0.3, 0.4) is 0 Å². The fourth-order valence-corrected chi connectivity index (χ4v) is 4.29. The smallest absolute Gasteiger partial charge is 0.315 e. The number of likely N-dealkylation sites (tertiary alicyclic amines) is 1. The normalized spacial score (nSPS) is 18.2. The number of allylic oxidation sites excluding steroid dienone is 1. The van der Waals surface area contributed by atoms with E-state index in [1.54, 1.807) is 0 Å². The average molecular weight is 384 g/mol. The first-order valence-electron chi connectivity index (χ1n) is 10.5. The van der Waals surface area contributed by atoms with Gasteiger partial charge in [0.25, 0.3) is 0 Å². The van der Waals surface area contributed by atoms with Crippen LogP contribution in [0.15, 0.2) is 29.8 Å². The van der Waals surface area contributed by atoms with Crippen molar-refractivity contribution < 1.29 is 9.59 Å². The van der Waals surface area contributed by atoms with Crippen LogP contribution in [0.5, 0.6) is 0 Å². The first-order chi connectivity index (χ1) is 13.3. The van der Waals surface area contributed by atoms with Gasteiger partial charge in [0.05, 0.1) is 0 Å². The zero-order valence-electron chi connectivity index (χ0n) is 17.5. The predicted octanol–water partition coefficient (Wildman–Crippen LogP) is 3.74. The Bertz CT molecular complexity index is 761. The van der Waals surface area contributed by atoms with Crippen LogP contribution in [-0.4, -0.2) is 42.0 Å². The van der Waals surface area contributed by atoms with Crippen molar-refractivity contribution in [3.8, 4) is 0 Å². The molecule has 2 N–H and O–H groups in total. The van der Waals surface area contributed by atoms with Crippen molar-refractivity contribution in [2.75, 3.05) is 13.1 Å². The molecule has 2 aliphatic rings. The molecule has 0 aromatic heterocycles. The Morgan fingerprint density at radius 1 is 1.14 bits per heavy atom. The molecule has 1 heterocycles. The first kappa shape index (κ1) is 20.4. The topological polar surface area (TPSA) is 61.4 Å². The van der Waals surface area contributed by atoms with Gasteiger partial charge in [-0.25, -0.2) is 4.79 Å². The standard InChI is InChI=1S/C23H33N3O2/c1-15(2)13-22(27)26-11-9-19(10-12-26)25-23(28)24-17(4)21-14-18-7-5-6-8-20(18)16(21)3/h5-8,15,17,19H,9-14H2,1-4H3,(H2,24,25,28)/t17-/m1/s1. The summed E-state index contributed by atoms with van der Waals surface area (Å²) in [7, 11) is 0. The maximum Gasteiger partial charge on any atom is 0.315 e. The van der Waals surface area contributed by atoms with Crippen LogP contribution in [0, 0.1) is 5.92 Å². The van der Waals surface area contributed by atoms with Gasteiger partial charge < -0.3 is 15.5 Å². The molecule has 5 heteroatoms. The number of amides is 3. The number of carbonyl (C=O) groups excluding carboxylic acids is 2. The van der Waals surface area contributed by atoms with Crippen molar-refractivity contribution in [2.45, 2.75) is 65.5 Å². The van der Waals surface area contributed by atoms with Gasteiger partial charge in [-0.2, -0.15) is 0 Å². The molecule has 1 fully saturated rings. The lowest BCUT2D eigenvalue weighted by Crippen LogP contribution is -2.50. The molecule has 0 bridgehead atoms. The molecule has 152 valence electrons. The lowest BCUT2D eigenvalue weighted by Gasteiger charge is -2.33. The molecule has 1 atom stereocenters. The maximum absolute atomic E-state index is 12.5. The zero-order chi connectivity index (χ0) is 20.3. The molecule has 0 radical (unpaired) electrons. The number of benzene rings is 1. The van der Waals surface area contributed by atoms with Crippen molar-refractivity contribution in [1.82, 2.24) is 15.5 Å². The van der Waals surface area contributed by atoms with Crippen LogP contribution in [0.2, 0.25) is 0 Å². The molecule has 1 saturated heterocycles. The minimum absolute atomic E-state index is 0.000101. The molecule has 5 nitrogen and oxygen atoms in total. The monoisotopic (exact) mass is 383 g/mol. The first-order valence-corrected chi connectivity index (χ1v) is 10.5.